The third kappa shape index (κ3) is 3.54. The van der Waals surface area contributed by atoms with Crippen LogP contribution < -0.4 is 11.1 Å². The molecule has 3 N–H and O–H groups in total. The number of hydrogen-bond donors (Lipinski definition) is 2. The van der Waals surface area contributed by atoms with Crippen molar-refractivity contribution in [3.8, 4) is 0 Å². The summed E-state index contributed by atoms with van der Waals surface area (Å²) in [4.78, 5) is 1.16. The molecule has 1 heterocycles. The van der Waals surface area contributed by atoms with Crippen LogP contribution in [0.1, 0.15) is 10.4 Å². The van der Waals surface area contributed by atoms with Gasteiger partial charge in [-0.15, -0.1) is 11.3 Å². The van der Waals surface area contributed by atoms with Crippen LogP contribution in [0.2, 0.25) is 0 Å². The Kier molecular flexibility index (Phi) is 4.12. The average molecular weight is 250 g/mol. The molecule has 0 aliphatic heterocycles. The van der Waals surface area contributed by atoms with Crippen LogP contribution in [-0.2, 0) is 13.0 Å². The van der Waals surface area contributed by atoms with E-state index in [1.54, 1.807) is 23.5 Å². The van der Waals surface area contributed by atoms with Crippen molar-refractivity contribution in [3.05, 3.63) is 52.0 Å². The summed E-state index contributed by atoms with van der Waals surface area (Å²) in [5.74, 6) is -0.176. The van der Waals surface area contributed by atoms with Crippen molar-refractivity contribution in [3.63, 3.8) is 0 Å². The van der Waals surface area contributed by atoms with E-state index >= 15 is 0 Å². The molecule has 0 atom stereocenters. The van der Waals surface area contributed by atoms with Gasteiger partial charge in [-0.05, 0) is 42.1 Å². The Bertz CT molecular complexity index is 482. The SMILES string of the molecule is Nc1ccsc1CNCCc1cccc(F)c1. The number of anilines is 1. The first kappa shape index (κ1) is 12.1. The molecule has 1 aromatic heterocycles. The number of benzene rings is 1. The van der Waals surface area contributed by atoms with E-state index in [1.165, 1.54) is 6.07 Å². The van der Waals surface area contributed by atoms with Crippen LogP contribution in [0.15, 0.2) is 35.7 Å². The minimum atomic E-state index is -0.176. The van der Waals surface area contributed by atoms with Crippen LogP contribution in [0.3, 0.4) is 0 Å². The smallest absolute Gasteiger partial charge is 0.123 e. The fraction of sp³-hybridized carbons (Fsp3) is 0.231. The molecule has 0 saturated heterocycles. The van der Waals surface area contributed by atoms with Crippen molar-refractivity contribution >= 4 is 17.0 Å². The maximum absolute atomic E-state index is 12.9. The molecule has 0 aliphatic carbocycles. The number of rotatable bonds is 5. The topological polar surface area (TPSA) is 38.0 Å². The average Bonchev–Trinajstić information content (AvgIpc) is 2.71. The Hall–Kier alpha value is -1.39. The number of halogens is 1. The number of nitrogens with one attached hydrogen (secondary N) is 1. The van der Waals surface area contributed by atoms with Gasteiger partial charge in [-0.1, -0.05) is 12.1 Å². The molecule has 0 aliphatic rings. The fourth-order valence-corrected chi connectivity index (χ4v) is 2.39. The van der Waals surface area contributed by atoms with E-state index in [-0.39, 0.29) is 5.82 Å². The van der Waals surface area contributed by atoms with Gasteiger partial charge in [0, 0.05) is 17.1 Å². The van der Waals surface area contributed by atoms with Gasteiger partial charge in [0.2, 0.25) is 0 Å². The van der Waals surface area contributed by atoms with Gasteiger partial charge in [-0.25, -0.2) is 4.39 Å². The monoisotopic (exact) mass is 250 g/mol. The summed E-state index contributed by atoms with van der Waals surface area (Å²) in [5.41, 5.74) is 7.63. The molecule has 17 heavy (non-hydrogen) atoms. The molecule has 2 aromatic rings. The molecule has 2 rings (SSSR count). The molecule has 0 bridgehead atoms. The van der Waals surface area contributed by atoms with Gasteiger partial charge in [-0.3, -0.25) is 0 Å². The first-order chi connectivity index (χ1) is 8.25. The zero-order valence-electron chi connectivity index (χ0n) is 9.45. The van der Waals surface area contributed by atoms with Crippen molar-refractivity contribution < 1.29 is 4.39 Å². The van der Waals surface area contributed by atoms with Gasteiger partial charge in [0.1, 0.15) is 5.82 Å². The van der Waals surface area contributed by atoms with Crippen LogP contribution in [-0.4, -0.2) is 6.54 Å². The van der Waals surface area contributed by atoms with Crippen LogP contribution >= 0.6 is 11.3 Å². The molecule has 0 fully saturated rings. The largest absolute Gasteiger partial charge is 0.398 e. The quantitative estimate of drug-likeness (QED) is 0.801. The van der Waals surface area contributed by atoms with Gasteiger partial charge in [0.15, 0.2) is 0 Å². The molecule has 0 radical (unpaired) electrons. The predicted molar refractivity (Wildman–Crippen MR) is 70.5 cm³/mol. The summed E-state index contributed by atoms with van der Waals surface area (Å²) in [6.45, 7) is 1.60. The zero-order chi connectivity index (χ0) is 12.1. The minimum Gasteiger partial charge on any atom is -0.398 e. The molecular weight excluding hydrogens is 235 g/mol. The van der Waals surface area contributed by atoms with Crippen molar-refractivity contribution in [2.75, 3.05) is 12.3 Å². The standard InChI is InChI=1S/C13H15FN2S/c14-11-3-1-2-10(8-11)4-6-16-9-13-12(15)5-7-17-13/h1-3,5,7-8,16H,4,6,9,15H2. The normalized spacial score (nSPS) is 10.6. The molecule has 4 heteroatoms. The first-order valence-corrected chi connectivity index (χ1v) is 6.40. The lowest BCUT2D eigenvalue weighted by molar-refractivity contribution is 0.623. The van der Waals surface area contributed by atoms with Crippen molar-refractivity contribution in [2.24, 2.45) is 0 Å². The van der Waals surface area contributed by atoms with E-state index in [9.17, 15) is 4.39 Å². The summed E-state index contributed by atoms with van der Waals surface area (Å²) in [6, 6.07) is 8.62. The van der Waals surface area contributed by atoms with E-state index < -0.39 is 0 Å². The van der Waals surface area contributed by atoms with Gasteiger partial charge in [-0.2, -0.15) is 0 Å². The van der Waals surface area contributed by atoms with E-state index in [4.69, 9.17) is 5.73 Å². The number of nitrogen functional groups attached to an aromatic ring is 1. The van der Waals surface area contributed by atoms with Crippen molar-refractivity contribution in [1.29, 1.82) is 0 Å². The first-order valence-electron chi connectivity index (χ1n) is 5.53. The van der Waals surface area contributed by atoms with Crippen LogP contribution in [0.25, 0.3) is 0 Å². The lowest BCUT2D eigenvalue weighted by atomic mass is 10.1. The molecule has 1 aromatic carbocycles. The lowest BCUT2D eigenvalue weighted by Gasteiger charge is -2.04. The number of hydrogen-bond acceptors (Lipinski definition) is 3. The maximum Gasteiger partial charge on any atom is 0.123 e. The van der Waals surface area contributed by atoms with Crippen molar-refractivity contribution in [1.82, 2.24) is 5.32 Å². The molecule has 0 amide bonds. The Labute approximate surface area is 104 Å². The summed E-state index contributed by atoms with van der Waals surface area (Å²) >= 11 is 1.65. The van der Waals surface area contributed by atoms with Crippen LogP contribution in [0.5, 0.6) is 0 Å². The summed E-state index contributed by atoms with van der Waals surface area (Å²) < 4.78 is 12.9. The highest BCUT2D eigenvalue weighted by Gasteiger charge is 2.00. The predicted octanol–water partition coefficient (Wildman–Crippen LogP) is 2.80. The Morgan fingerprint density at radius 3 is 2.88 bits per heavy atom. The van der Waals surface area contributed by atoms with Gasteiger partial charge in [0.05, 0.1) is 0 Å². The minimum absolute atomic E-state index is 0.176. The molecule has 2 nitrogen and oxygen atoms in total. The zero-order valence-corrected chi connectivity index (χ0v) is 10.3. The second-order valence-corrected chi connectivity index (χ2v) is 4.86. The highest BCUT2D eigenvalue weighted by molar-refractivity contribution is 7.10. The Balaban J connectivity index is 1.75. The number of thiophene rings is 1. The lowest BCUT2D eigenvalue weighted by Crippen LogP contribution is -2.16. The highest BCUT2D eigenvalue weighted by atomic mass is 32.1. The van der Waals surface area contributed by atoms with E-state index in [0.717, 1.165) is 35.6 Å². The second-order valence-electron chi connectivity index (χ2n) is 3.86. The van der Waals surface area contributed by atoms with Gasteiger partial charge in [0.25, 0.3) is 0 Å². The van der Waals surface area contributed by atoms with Crippen LogP contribution in [0.4, 0.5) is 10.1 Å². The highest BCUT2D eigenvalue weighted by Crippen LogP contribution is 2.17. The number of nitrogens with two attached hydrogens (primary N) is 1. The van der Waals surface area contributed by atoms with Crippen LogP contribution in [0, 0.1) is 5.82 Å². The van der Waals surface area contributed by atoms with E-state index in [1.807, 2.05) is 17.5 Å². The third-order valence-corrected chi connectivity index (χ3v) is 3.48. The maximum atomic E-state index is 12.9. The molecule has 0 unspecified atom stereocenters. The second kappa shape index (κ2) is 5.80. The Morgan fingerprint density at radius 1 is 1.29 bits per heavy atom. The molecule has 0 spiro atoms. The molecule has 0 saturated carbocycles. The summed E-state index contributed by atoms with van der Waals surface area (Å²) in [6.07, 6.45) is 0.822. The van der Waals surface area contributed by atoms with Crippen molar-refractivity contribution in [2.45, 2.75) is 13.0 Å². The Morgan fingerprint density at radius 2 is 2.18 bits per heavy atom. The molecule has 90 valence electrons. The fourth-order valence-electron chi connectivity index (χ4n) is 1.62. The van der Waals surface area contributed by atoms with E-state index in [2.05, 4.69) is 5.32 Å². The van der Waals surface area contributed by atoms with E-state index in [0.29, 0.717) is 0 Å². The molecular formula is C13H15FN2S. The summed E-state index contributed by atoms with van der Waals surface area (Å²) in [7, 11) is 0. The van der Waals surface area contributed by atoms with Gasteiger partial charge < -0.3 is 11.1 Å². The summed E-state index contributed by atoms with van der Waals surface area (Å²) in [5, 5.41) is 5.29. The third-order valence-electron chi connectivity index (χ3n) is 2.54. The van der Waals surface area contributed by atoms with Gasteiger partial charge >= 0.3 is 0 Å².